The van der Waals surface area contributed by atoms with Crippen LogP contribution in [0.5, 0.6) is 11.5 Å². The highest BCUT2D eigenvalue weighted by molar-refractivity contribution is 7.91. The summed E-state index contributed by atoms with van der Waals surface area (Å²) in [6.45, 7) is -0.402. The van der Waals surface area contributed by atoms with Crippen molar-refractivity contribution in [3.05, 3.63) is 66.7 Å². The van der Waals surface area contributed by atoms with Crippen LogP contribution in [-0.4, -0.2) is 103 Å². The Labute approximate surface area is 358 Å². The summed E-state index contributed by atoms with van der Waals surface area (Å²) in [7, 11) is -2.41. The molecule has 2 aromatic carbocycles. The van der Waals surface area contributed by atoms with Crippen LogP contribution >= 0.6 is 0 Å². The summed E-state index contributed by atoms with van der Waals surface area (Å²) in [5.41, 5.74) is 0.425. The Balaban J connectivity index is 1.12. The summed E-state index contributed by atoms with van der Waals surface area (Å²) >= 11 is 0. The third kappa shape index (κ3) is 9.42. The van der Waals surface area contributed by atoms with Crippen LogP contribution in [0, 0.1) is 17.8 Å². The molecule has 0 radical (unpaired) electrons. The van der Waals surface area contributed by atoms with Crippen LogP contribution in [0.3, 0.4) is 0 Å². The zero-order valence-corrected chi connectivity index (χ0v) is 35.4. The van der Waals surface area contributed by atoms with Crippen LogP contribution in [-0.2, 0) is 29.2 Å². The first-order chi connectivity index (χ1) is 29.6. The third-order valence-corrected chi connectivity index (χ3v) is 14.8. The molecular weight excluding hydrogens is 828 g/mol. The van der Waals surface area contributed by atoms with Crippen molar-refractivity contribution in [3.8, 4) is 22.8 Å². The van der Waals surface area contributed by atoms with Gasteiger partial charge in [-0.15, -0.1) is 0 Å². The Morgan fingerprint density at radius 1 is 0.984 bits per heavy atom. The molecule has 2 aliphatic carbocycles. The molecule has 2 saturated carbocycles. The standard InChI is InChI=1S/C45H52F3N5O8S/c1-60-32-16-19-35-37(22-32)49-36(28-11-7-5-8-12-28)24-39(35)61-33-23-38-41(55)50-44(43(57)51-62(58,59)34-17-18-34)25-30(44)14-9-4-2-3-6-13-29(42(56)53(38)27-33)21-40(54)52-20-10-15-31(26-52)45(46,47)48/h5,7-9,11-12,14,16,19,22,24,29-31,33-34,38H,2-4,6,10,13,15,17-18,20-21,23,25-27H2,1H3,(H,50,55)(H,51,57)/b14-9-/t29-,30-,31?,33-,38+,44-/m1/s1. The van der Waals surface area contributed by atoms with Crippen molar-refractivity contribution in [2.45, 2.75) is 106 Å². The number of nitrogens with zero attached hydrogens (tertiary/aromatic N) is 3. The van der Waals surface area contributed by atoms with Crippen LogP contribution in [0.15, 0.2) is 66.7 Å². The topological polar surface area (TPSA) is 164 Å². The first-order valence-corrected chi connectivity index (χ1v) is 23.1. The molecule has 2 saturated heterocycles. The van der Waals surface area contributed by atoms with Gasteiger partial charge in [-0.1, -0.05) is 55.3 Å². The van der Waals surface area contributed by atoms with Gasteiger partial charge >= 0.3 is 6.18 Å². The number of ether oxygens (including phenoxy) is 2. The van der Waals surface area contributed by atoms with Gasteiger partial charge in [-0.05, 0) is 63.5 Å². The Bertz CT molecular complexity index is 2340. The number of piperidine rings is 1. The first kappa shape index (κ1) is 43.5. The van der Waals surface area contributed by atoms with Crippen molar-refractivity contribution >= 4 is 44.6 Å². The molecule has 6 atom stereocenters. The van der Waals surface area contributed by atoms with Gasteiger partial charge in [0.05, 0.1) is 36.0 Å². The average molecular weight is 880 g/mol. The lowest BCUT2D eigenvalue weighted by atomic mass is 9.93. The Kier molecular flexibility index (Phi) is 12.3. The number of halogens is 3. The second kappa shape index (κ2) is 17.5. The lowest BCUT2D eigenvalue weighted by molar-refractivity contribution is -0.188. The number of methoxy groups -OCH3 is 1. The molecule has 17 heteroatoms. The quantitative estimate of drug-likeness (QED) is 0.243. The highest BCUT2D eigenvalue weighted by atomic mass is 32.2. The molecule has 0 spiro atoms. The molecule has 3 aliphatic heterocycles. The van der Waals surface area contributed by atoms with E-state index in [1.165, 1.54) is 9.80 Å². The fraction of sp³-hybridized carbons (Fsp3) is 0.533. The van der Waals surface area contributed by atoms with Gasteiger partial charge in [-0.3, -0.25) is 23.9 Å². The number of alkyl halides is 3. The average Bonchev–Trinajstić information content (AvgIpc) is 4.19. The zero-order chi connectivity index (χ0) is 43.8. The predicted molar refractivity (Wildman–Crippen MR) is 223 cm³/mol. The van der Waals surface area contributed by atoms with Crippen LogP contribution in [0.25, 0.3) is 22.2 Å². The molecule has 2 N–H and O–H groups in total. The lowest BCUT2D eigenvalue weighted by Gasteiger charge is -2.35. The van der Waals surface area contributed by atoms with Crippen molar-refractivity contribution in [1.29, 1.82) is 0 Å². The lowest BCUT2D eigenvalue weighted by Crippen LogP contribution is -2.57. The Morgan fingerprint density at radius 3 is 2.52 bits per heavy atom. The van der Waals surface area contributed by atoms with Crippen molar-refractivity contribution in [3.63, 3.8) is 0 Å². The van der Waals surface area contributed by atoms with E-state index in [2.05, 4.69) is 10.0 Å². The molecule has 1 unspecified atom stereocenters. The number of nitrogens with one attached hydrogen (secondary N) is 2. The van der Waals surface area contributed by atoms with E-state index in [9.17, 15) is 40.8 Å². The summed E-state index contributed by atoms with van der Waals surface area (Å²) in [5.74, 6) is -4.67. The molecular formula is C45H52F3N5O8S. The molecule has 62 heavy (non-hydrogen) atoms. The zero-order valence-electron chi connectivity index (χ0n) is 34.6. The highest BCUT2D eigenvalue weighted by Crippen LogP contribution is 2.46. The molecule has 0 bridgehead atoms. The van der Waals surface area contributed by atoms with Gasteiger partial charge in [0.15, 0.2) is 0 Å². The summed E-state index contributed by atoms with van der Waals surface area (Å²) in [5, 5.41) is 2.84. The third-order valence-electron chi connectivity index (χ3n) is 13.0. The molecule has 332 valence electrons. The molecule has 8 rings (SSSR count). The normalized spacial score (nSPS) is 27.8. The Hall–Kier alpha value is -5.19. The second-order valence-electron chi connectivity index (χ2n) is 17.4. The fourth-order valence-corrected chi connectivity index (χ4v) is 10.5. The van der Waals surface area contributed by atoms with E-state index < -0.39 is 87.1 Å². The molecule has 3 aromatic rings. The number of amides is 4. The number of sulfonamides is 1. The van der Waals surface area contributed by atoms with E-state index in [1.54, 1.807) is 25.3 Å². The largest absolute Gasteiger partial charge is 0.497 e. The molecule has 4 heterocycles. The van der Waals surface area contributed by atoms with E-state index in [-0.39, 0.29) is 51.6 Å². The van der Waals surface area contributed by atoms with Crippen LogP contribution in [0.2, 0.25) is 0 Å². The van der Waals surface area contributed by atoms with Gasteiger partial charge in [0.2, 0.25) is 27.7 Å². The number of hydrogen-bond donors (Lipinski definition) is 2. The van der Waals surface area contributed by atoms with Crippen LogP contribution in [0.4, 0.5) is 13.2 Å². The van der Waals surface area contributed by atoms with Crippen molar-refractivity contribution < 1.29 is 50.2 Å². The van der Waals surface area contributed by atoms with Gasteiger partial charge in [0.1, 0.15) is 29.2 Å². The Morgan fingerprint density at radius 2 is 1.77 bits per heavy atom. The molecule has 13 nitrogen and oxygen atoms in total. The first-order valence-electron chi connectivity index (χ1n) is 21.6. The number of carbonyl (C=O) groups excluding carboxylic acids is 4. The maximum atomic E-state index is 14.9. The van der Waals surface area contributed by atoms with E-state index in [1.807, 2.05) is 48.6 Å². The summed E-state index contributed by atoms with van der Waals surface area (Å²) in [4.78, 5) is 64.6. The molecule has 4 fully saturated rings. The summed E-state index contributed by atoms with van der Waals surface area (Å²) in [6, 6.07) is 15.4. The highest BCUT2D eigenvalue weighted by Gasteiger charge is 2.62. The van der Waals surface area contributed by atoms with Gasteiger partial charge in [-0.25, -0.2) is 13.4 Å². The second-order valence-corrected chi connectivity index (χ2v) is 19.3. The monoisotopic (exact) mass is 879 g/mol. The number of likely N-dealkylation sites (tertiary alicyclic amines) is 1. The number of aromatic nitrogens is 1. The SMILES string of the molecule is COc1ccc2c(O[C@@H]3C[C@H]4C(=O)N[C@]5(C(=O)NS(=O)(=O)C6CC6)C[C@H]5/C=C\CCCCC[C@H](CC(=O)N5CCCC(C(F)(F)F)C5)C(=O)N4C3)cc(-c3ccccc3)nc2c1. The van der Waals surface area contributed by atoms with Crippen LogP contribution < -0.4 is 19.5 Å². The maximum absolute atomic E-state index is 14.9. The van der Waals surface area contributed by atoms with Crippen molar-refractivity contribution in [2.75, 3.05) is 26.7 Å². The summed E-state index contributed by atoms with van der Waals surface area (Å²) in [6.07, 6.45) is 2.16. The molecule has 5 aliphatic rings. The maximum Gasteiger partial charge on any atom is 0.393 e. The van der Waals surface area contributed by atoms with Gasteiger partial charge in [-0.2, -0.15) is 13.2 Å². The van der Waals surface area contributed by atoms with Gasteiger partial charge < -0.3 is 24.6 Å². The number of hydrogen-bond acceptors (Lipinski definition) is 9. The minimum absolute atomic E-state index is 0.0170. The van der Waals surface area contributed by atoms with E-state index in [0.29, 0.717) is 60.2 Å². The van der Waals surface area contributed by atoms with Crippen molar-refractivity contribution in [1.82, 2.24) is 24.8 Å². The fourth-order valence-electron chi connectivity index (χ4n) is 9.13. The number of benzene rings is 2. The number of allylic oxidation sites excluding steroid dienone is 1. The minimum atomic E-state index is -4.46. The van der Waals surface area contributed by atoms with E-state index in [0.717, 1.165) is 12.0 Å². The van der Waals surface area contributed by atoms with E-state index in [4.69, 9.17) is 14.5 Å². The minimum Gasteiger partial charge on any atom is -0.497 e. The predicted octanol–water partition coefficient (Wildman–Crippen LogP) is 6.07. The summed E-state index contributed by atoms with van der Waals surface area (Å²) < 4.78 is 81.6. The van der Waals surface area contributed by atoms with Crippen molar-refractivity contribution in [2.24, 2.45) is 17.8 Å². The van der Waals surface area contributed by atoms with E-state index >= 15 is 0 Å². The molecule has 1 aromatic heterocycles. The number of fused-ring (bicyclic) bond motifs is 3. The number of pyridine rings is 1. The molecule has 4 amide bonds. The van der Waals surface area contributed by atoms with Gasteiger partial charge in [0.25, 0.3) is 5.91 Å². The number of rotatable bonds is 9. The van der Waals surface area contributed by atoms with Gasteiger partial charge in [0, 0.05) is 60.8 Å². The smallest absolute Gasteiger partial charge is 0.393 e. The number of carbonyl (C=O) groups is 4. The van der Waals surface area contributed by atoms with Crippen LogP contribution in [0.1, 0.15) is 77.0 Å².